The smallest absolute Gasteiger partial charge is 0.262 e. The zero-order valence-electron chi connectivity index (χ0n) is 12.1. The van der Waals surface area contributed by atoms with Gasteiger partial charge in [-0.25, -0.2) is 8.42 Å². The Hall–Kier alpha value is -0.440. The molecule has 0 radical (unpaired) electrons. The van der Waals surface area contributed by atoms with E-state index < -0.39 is 9.84 Å². The predicted molar refractivity (Wildman–Crippen MR) is 91.1 cm³/mol. The van der Waals surface area contributed by atoms with Gasteiger partial charge in [0.1, 0.15) is 4.88 Å². The first-order chi connectivity index (χ1) is 10.5. The Labute approximate surface area is 143 Å². The van der Waals surface area contributed by atoms with Crippen LogP contribution in [0.4, 0.5) is 0 Å². The second kappa shape index (κ2) is 6.59. The van der Waals surface area contributed by atoms with Gasteiger partial charge in [0.05, 0.1) is 17.5 Å². The molecule has 0 aromatic carbocycles. The predicted octanol–water partition coefficient (Wildman–Crippen LogP) is 1.89. The normalized spacial score (nSPS) is 28.6. The van der Waals surface area contributed by atoms with Crippen LogP contribution in [0.25, 0.3) is 0 Å². The van der Waals surface area contributed by atoms with Crippen LogP contribution in [0.2, 0.25) is 0 Å². The molecule has 1 aromatic heterocycles. The summed E-state index contributed by atoms with van der Waals surface area (Å²) in [5.74, 6) is 0.0119. The second-order valence-electron chi connectivity index (χ2n) is 5.92. The maximum Gasteiger partial charge on any atom is 0.262 e. The molecule has 2 unspecified atom stereocenters. The number of likely N-dealkylation sites (tertiary alicyclic amines) is 1. The molecule has 2 atom stereocenters. The zero-order valence-corrected chi connectivity index (χ0v) is 15.3. The Morgan fingerprint density at radius 2 is 2.00 bits per heavy atom. The summed E-state index contributed by atoms with van der Waals surface area (Å²) in [5.41, 5.74) is 0. The molecule has 0 spiro atoms. The lowest BCUT2D eigenvalue weighted by Crippen LogP contribution is -2.52. The van der Waals surface area contributed by atoms with Gasteiger partial charge in [0.15, 0.2) is 9.84 Å². The average molecular weight is 407 g/mol. The summed E-state index contributed by atoms with van der Waals surface area (Å²) in [6.45, 7) is 1.85. The summed E-state index contributed by atoms with van der Waals surface area (Å²) < 4.78 is 24.8. The van der Waals surface area contributed by atoms with Gasteiger partial charge < -0.3 is 5.32 Å². The van der Waals surface area contributed by atoms with Crippen molar-refractivity contribution < 1.29 is 13.2 Å². The van der Waals surface area contributed by atoms with E-state index in [0.717, 1.165) is 30.4 Å². The summed E-state index contributed by atoms with van der Waals surface area (Å²) in [7, 11) is -3.08. The Morgan fingerprint density at radius 3 is 2.64 bits per heavy atom. The molecule has 2 saturated heterocycles. The molecule has 2 aliphatic rings. The van der Waals surface area contributed by atoms with E-state index in [1.54, 1.807) is 0 Å². The Balaban J connectivity index is 1.75. The molecule has 1 aromatic rings. The molecular weight excluding hydrogens is 388 g/mol. The third kappa shape index (κ3) is 3.55. The van der Waals surface area contributed by atoms with Crippen molar-refractivity contribution in [2.75, 3.05) is 24.6 Å². The largest absolute Gasteiger partial charge is 0.346 e. The van der Waals surface area contributed by atoms with Crippen molar-refractivity contribution in [3.8, 4) is 0 Å². The fourth-order valence-electron chi connectivity index (χ4n) is 3.27. The van der Waals surface area contributed by atoms with E-state index >= 15 is 0 Å². The van der Waals surface area contributed by atoms with Crippen molar-refractivity contribution in [3.63, 3.8) is 0 Å². The van der Waals surface area contributed by atoms with E-state index in [4.69, 9.17) is 0 Å². The maximum atomic E-state index is 12.4. The van der Waals surface area contributed by atoms with E-state index in [2.05, 4.69) is 26.1 Å². The highest BCUT2D eigenvalue weighted by molar-refractivity contribution is 9.10. The van der Waals surface area contributed by atoms with Crippen LogP contribution in [0.1, 0.15) is 28.9 Å². The standard InChI is InChI=1S/C14H19BrN2O3S2/c15-10-4-7-21-13(10)14(18)16-11-8-22(19,20)9-12(11)17-5-2-1-3-6-17/h4,7,11-12H,1-3,5-6,8-9H2,(H,16,18). The van der Waals surface area contributed by atoms with Gasteiger partial charge in [-0.2, -0.15) is 0 Å². The minimum Gasteiger partial charge on any atom is -0.346 e. The van der Waals surface area contributed by atoms with Gasteiger partial charge >= 0.3 is 0 Å². The molecule has 2 fully saturated rings. The fraction of sp³-hybridized carbons (Fsp3) is 0.643. The molecule has 122 valence electrons. The average Bonchev–Trinajstić information content (AvgIpc) is 3.03. The number of carbonyl (C=O) groups excluding carboxylic acids is 1. The van der Waals surface area contributed by atoms with Crippen LogP contribution in [-0.2, 0) is 9.84 Å². The van der Waals surface area contributed by atoms with Crippen molar-refractivity contribution in [1.29, 1.82) is 0 Å². The van der Waals surface area contributed by atoms with Crippen LogP contribution in [-0.4, -0.2) is 55.9 Å². The molecule has 1 amide bonds. The van der Waals surface area contributed by atoms with Crippen molar-refractivity contribution >= 4 is 43.0 Å². The van der Waals surface area contributed by atoms with Crippen molar-refractivity contribution in [3.05, 3.63) is 20.8 Å². The Bertz CT molecular complexity index is 653. The van der Waals surface area contributed by atoms with Gasteiger partial charge in [0.25, 0.3) is 5.91 Å². The number of hydrogen-bond acceptors (Lipinski definition) is 5. The number of piperidine rings is 1. The summed E-state index contributed by atoms with van der Waals surface area (Å²) >= 11 is 4.71. The molecule has 2 aliphatic heterocycles. The number of halogens is 1. The lowest BCUT2D eigenvalue weighted by atomic mass is 10.0. The minimum absolute atomic E-state index is 0.0445. The van der Waals surface area contributed by atoms with E-state index in [1.807, 2.05) is 11.4 Å². The highest BCUT2D eigenvalue weighted by atomic mass is 79.9. The number of nitrogens with zero attached hydrogens (tertiary/aromatic N) is 1. The number of thiophene rings is 1. The van der Waals surface area contributed by atoms with Crippen LogP contribution in [0.15, 0.2) is 15.9 Å². The number of rotatable bonds is 3. The van der Waals surface area contributed by atoms with Crippen molar-refractivity contribution in [2.45, 2.75) is 31.3 Å². The van der Waals surface area contributed by atoms with Crippen molar-refractivity contribution in [1.82, 2.24) is 10.2 Å². The number of carbonyl (C=O) groups is 1. The molecule has 1 N–H and O–H groups in total. The lowest BCUT2D eigenvalue weighted by molar-refractivity contribution is 0.0903. The molecule has 3 rings (SSSR count). The number of sulfone groups is 1. The summed E-state index contributed by atoms with van der Waals surface area (Å²) in [6.07, 6.45) is 3.41. The molecule has 0 aliphatic carbocycles. The molecule has 0 bridgehead atoms. The molecule has 3 heterocycles. The Kier molecular flexibility index (Phi) is 4.92. The molecular formula is C14H19BrN2O3S2. The van der Waals surface area contributed by atoms with Gasteiger partial charge in [0.2, 0.25) is 0 Å². The van der Waals surface area contributed by atoms with Crippen LogP contribution < -0.4 is 5.32 Å². The van der Waals surface area contributed by atoms with Gasteiger partial charge in [0, 0.05) is 10.5 Å². The van der Waals surface area contributed by atoms with E-state index in [-0.39, 0.29) is 29.5 Å². The van der Waals surface area contributed by atoms with Gasteiger partial charge in [-0.1, -0.05) is 6.42 Å². The summed E-state index contributed by atoms with van der Waals surface area (Å²) in [4.78, 5) is 15.2. The van der Waals surface area contributed by atoms with Crippen molar-refractivity contribution in [2.24, 2.45) is 0 Å². The molecule has 8 heteroatoms. The fourth-order valence-corrected chi connectivity index (χ4v) is 6.67. The SMILES string of the molecule is O=C(NC1CS(=O)(=O)CC1N1CCCCC1)c1sccc1Br. The summed E-state index contributed by atoms with van der Waals surface area (Å²) in [5, 5.41) is 4.79. The summed E-state index contributed by atoms with van der Waals surface area (Å²) in [6, 6.07) is 1.42. The quantitative estimate of drug-likeness (QED) is 0.831. The zero-order chi connectivity index (χ0) is 15.7. The number of amides is 1. The minimum atomic E-state index is -3.08. The molecule has 22 heavy (non-hydrogen) atoms. The third-order valence-corrected chi connectivity index (χ3v) is 7.88. The highest BCUT2D eigenvalue weighted by Gasteiger charge is 2.42. The van der Waals surface area contributed by atoms with Crippen LogP contribution in [0.3, 0.4) is 0 Å². The van der Waals surface area contributed by atoms with Crippen LogP contribution in [0.5, 0.6) is 0 Å². The molecule has 5 nitrogen and oxygen atoms in total. The monoisotopic (exact) mass is 406 g/mol. The molecule has 0 saturated carbocycles. The third-order valence-electron chi connectivity index (χ3n) is 4.32. The number of nitrogens with one attached hydrogen (secondary N) is 1. The lowest BCUT2D eigenvalue weighted by Gasteiger charge is -2.34. The van der Waals surface area contributed by atoms with E-state index in [0.29, 0.717) is 4.88 Å². The van der Waals surface area contributed by atoms with E-state index in [1.165, 1.54) is 17.8 Å². The number of hydrogen-bond donors (Lipinski definition) is 1. The maximum absolute atomic E-state index is 12.4. The van der Waals surface area contributed by atoms with Crippen LogP contribution >= 0.6 is 27.3 Å². The van der Waals surface area contributed by atoms with E-state index in [9.17, 15) is 13.2 Å². The first kappa shape index (κ1) is 16.4. The van der Waals surface area contributed by atoms with Crippen LogP contribution in [0, 0.1) is 0 Å². The second-order valence-corrected chi connectivity index (χ2v) is 9.84. The Morgan fingerprint density at radius 1 is 1.27 bits per heavy atom. The van der Waals surface area contributed by atoms with Gasteiger partial charge in [-0.05, 0) is 53.3 Å². The van der Waals surface area contributed by atoms with Gasteiger partial charge in [-0.3, -0.25) is 9.69 Å². The first-order valence-corrected chi connectivity index (χ1v) is 10.9. The van der Waals surface area contributed by atoms with Gasteiger partial charge in [-0.15, -0.1) is 11.3 Å². The topological polar surface area (TPSA) is 66.5 Å². The first-order valence-electron chi connectivity index (χ1n) is 7.44. The highest BCUT2D eigenvalue weighted by Crippen LogP contribution is 2.25.